The molecule has 1 atom stereocenters. The van der Waals surface area contributed by atoms with Gasteiger partial charge < -0.3 is 4.74 Å². The fourth-order valence-corrected chi connectivity index (χ4v) is 4.58. The van der Waals surface area contributed by atoms with Crippen molar-refractivity contribution in [3.63, 3.8) is 0 Å². The summed E-state index contributed by atoms with van der Waals surface area (Å²) in [6.45, 7) is 1.90. The van der Waals surface area contributed by atoms with Gasteiger partial charge in [0.15, 0.2) is 0 Å². The zero-order valence-electron chi connectivity index (χ0n) is 17.9. The summed E-state index contributed by atoms with van der Waals surface area (Å²) in [6.07, 6.45) is 3.19. The second-order valence-electron chi connectivity index (χ2n) is 7.23. The summed E-state index contributed by atoms with van der Waals surface area (Å²) in [6, 6.07) is 28.1. The molecule has 0 aliphatic heterocycles. The molecule has 0 saturated heterocycles. The van der Waals surface area contributed by atoms with E-state index in [2.05, 4.69) is 4.98 Å². The molecule has 164 valence electrons. The SMILES string of the molecule is CC(C(=O)Sc1ccc(SC(=O)c2cccnc2)cc1)c1cccc(Oc2ccccc2)c1. The van der Waals surface area contributed by atoms with E-state index in [1.54, 1.807) is 24.5 Å². The third-order valence-corrected chi connectivity index (χ3v) is 6.83. The first-order valence-corrected chi connectivity index (χ1v) is 12.0. The molecule has 4 nitrogen and oxygen atoms in total. The van der Waals surface area contributed by atoms with Crippen molar-refractivity contribution in [3.05, 3.63) is 115 Å². The predicted octanol–water partition coefficient (Wildman–Crippen LogP) is 7.23. The quantitative estimate of drug-likeness (QED) is 0.265. The van der Waals surface area contributed by atoms with E-state index < -0.39 is 0 Å². The number of pyridine rings is 1. The number of thioether (sulfide) groups is 2. The average molecular weight is 472 g/mol. The van der Waals surface area contributed by atoms with Crippen LogP contribution >= 0.6 is 23.5 Å². The minimum Gasteiger partial charge on any atom is -0.457 e. The Balaban J connectivity index is 1.37. The number of para-hydroxylation sites is 1. The van der Waals surface area contributed by atoms with Gasteiger partial charge in [0.1, 0.15) is 11.5 Å². The summed E-state index contributed by atoms with van der Waals surface area (Å²) >= 11 is 2.34. The molecule has 0 aliphatic carbocycles. The van der Waals surface area contributed by atoms with Crippen LogP contribution in [0.3, 0.4) is 0 Å². The Bertz CT molecular complexity index is 1230. The third-order valence-electron chi connectivity index (χ3n) is 4.84. The second kappa shape index (κ2) is 11.0. The Morgan fingerprint density at radius 2 is 1.48 bits per heavy atom. The Labute approximate surface area is 201 Å². The van der Waals surface area contributed by atoms with Gasteiger partial charge in [0.25, 0.3) is 0 Å². The average Bonchev–Trinajstić information content (AvgIpc) is 2.86. The number of carbonyl (C=O) groups is 2. The highest BCUT2D eigenvalue weighted by molar-refractivity contribution is 8.14. The lowest BCUT2D eigenvalue weighted by molar-refractivity contribution is -0.111. The molecule has 1 heterocycles. The molecule has 0 bridgehead atoms. The highest BCUT2D eigenvalue weighted by Crippen LogP contribution is 2.32. The van der Waals surface area contributed by atoms with Gasteiger partial charge in [0, 0.05) is 27.7 Å². The summed E-state index contributed by atoms with van der Waals surface area (Å²) in [5, 5.41) is -0.0236. The molecule has 0 fully saturated rings. The predicted molar refractivity (Wildman–Crippen MR) is 133 cm³/mol. The number of ether oxygens (including phenoxy) is 1. The van der Waals surface area contributed by atoms with Gasteiger partial charge in [-0.3, -0.25) is 14.6 Å². The van der Waals surface area contributed by atoms with Crippen molar-refractivity contribution in [3.8, 4) is 11.5 Å². The zero-order chi connectivity index (χ0) is 23.0. The van der Waals surface area contributed by atoms with Crippen molar-refractivity contribution in [2.24, 2.45) is 0 Å². The molecule has 33 heavy (non-hydrogen) atoms. The van der Waals surface area contributed by atoms with E-state index in [9.17, 15) is 9.59 Å². The van der Waals surface area contributed by atoms with E-state index in [0.717, 1.165) is 32.9 Å². The van der Waals surface area contributed by atoms with Gasteiger partial charge >= 0.3 is 0 Å². The van der Waals surface area contributed by atoms with E-state index >= 15 is 0 Å². The maximum Gasteiger partial charge on any atom is 0.225 e. The summed E-state index contributed by atoms with van der Waals surface area (Å²) in [7, 11) is 0. The van der Waals surface area contributed by atoms with E-state index in [-0.39, 0.29) is 16.1 Å². The lowest BCUT2D eigenvalue weighted by Crippen LogP contribution is -2.05. The van der Waals surface area contributed by atoms with Gasteiger partial charge in [-0.25, -0.2) is 0 Å². The van der Waals surface area contributed by atoms with Gasteiger partial charge in [-0.05, 0) is 78.0 Å². The third kappa shape index (κ3) is 6.34. The molecule has 4 aromatic rings. The number of hydrogen-bond donors (Lipinski definition) is 0. The number of benzene rings is 3. The monoisotopic (exact) mass is 471 g/mol. The fourth-order valence-electron chi connectivity index (χ4n) is 3.04. The first-order valence-electron chi connectivity index (χ1n) is 10.4. The molecular formula is C27H21NO3S2. The second-order valence-corrected chi connectivity index (χ2v) is 9.36. The van der Waals surface area contributed by atoms with Gasteiger partial charge in [0.05, 0.1) is 5.92 Å². The zero-order valence-corrected chi connectivity index (χ0v) is 19.5. The molecular weight excluding hydrogens is 450 g/mol. The van der Waals surface area contributed by atoms with Crippen molar-refractivity contribution in [1.82, 2.24) is 4.98 Å². The van der Waals surface area contributed by atoms with Crippen molar-refractivity contribution in [2.45, 2.75) is 22.6 Å². The fraction of sp³-hybridized carbons (Fsp3) is 0.0741. The van der Waals surface area contributed by atoms with Crippen LogP contribution in [0, 0.1) is 0 Å². The molecule has 1 aromatic heterocycles. The number of nitrogens with zero attached hydrogens (tertiary/aromatic N) is 1. The van der Waals surface area contributed by atoms with Crippen LogP contribution in [0.1, 0.15) is 28.8 Å². The van der Waals surface area contributed by atoms with Gasteiger partial charge in [-0.15, -0.1) is 0 Å². The number of carbonyl (C=O) groups excluding carboxylic acids is 2. The molecule has 6 heteroatoms. The Morgan fingerprint density at radius 3 is 2.18 bits per heavy atom. The van der Waals surface area contributed by atoms with Crippen LogP contribution in [0.2, 0.25) is 0 Å². The highest BCUT2D eigenvalue weighted by Gasteiger charge is 2.18. The molecule has 0 aliphatic rings. The largest absolute Gasteiger partial charge is 0.457 e. The minimum atomic E-state index is -0.296. The maximum absolute atomic E-state index is 12.9. The number of rotatable bonds is 7. The first kappa shape index (κ1) is 22.8. The Morgan fingerprint density at radius 1 is 0.788 bits per heavy atom. The van der Waals surface area contributed by atoms with Crippen molar-refractivity contribution in [1.29, 1.82) is 0 Å². The Hall–Kier alpha value is -3.35. The number of aromatic nitrogens is 1. The van der Waals surface area contributed by atoms with Crippen LogP contribution in [0.15, 0.2) is 113 Å². The van der Waals surface area contributed by atoms with E-state index in [4.69, 9.17) is 4.74 Å². The summed E-state index contributed by atoms with van der Waals surface area (Å²) < 4.78 is 5.89. The topological polar surface area (TPSA) is 56.3 Å². The van der Waals surface area contributed by atoms with Crippen LogP contribution < -0.4 is 4.74 Å². The smallest absolute Gasteiger partial charge is 0.225 e. The van der Waals surface area contributed by atoms with Crippen LogP contribution in [-0.4, -0.2) is 15.2 Å². The van der Waals surface area contributed by atoms with Crippen LogP contribution in [-0.2, 0) is 4.79 Å². The van der Waals surface area contributed by atoms with Gasteiger partial charge in [-0.1, -0.05) is 49.0 Å². The van der Waals surface area contributed by atoms with Crippen LogP contribution in [0.5, 0.6) is 11.5 Å². The van der Waals surface area contributed by atoms with E-state index in [1.807, 2.05) is 85.8 Å². The number of hydrogen-bond acceptors (Lipinski definition) is 6. The minimum absolute atomic E-state index is 0.0405. The lowest BCUT2D eigenvalue weighted by Gasteiger charge is -2.13. The maximum atomic E-state index is 12.9. The van der Waals surface area contributed by atoms with Gasteiger partial charge in [-0.2, -0.15) is 0 Å². The van der Waals surface area contributed by atoms with Crippen molar-refractivity contribution in [2.75, 3.05) is 0 Å². The van der Waals surface area contributed by atoms with Crippen LogP contribution in [0.4, 0.5) is 0 Å². The summed E-state index contributed by atoms with van der Waals surface area (Å²) in [4.78, 5) is 30.8. The molecule has 1 unspecified atom stereocenters. The first-order chi connectivity index (χ1) is 16.1. The van der Waals surface area contributed by atoms with Crippen LogP contribution in [0.25, 0.3) is 0 Å². The summed E-state index contributed by atoms with van der Waals surface area (Å²) in [5.41, 5.74) is 1.46. The lowest BCUT2D eigenvalue weighted by atomic mass is 10.0. The van der Waals surface area contributed by atoms with Gasteiger partial charge in [0.2, 0.25) is 10.2 Å². The van der Waals surface area contributed by atoms with E-state index in [0.29, 0.717) is 11.3 Å². The molecule has 4 rings (SSSR count). The normalized spacial score (nSPS) is 11.5. The molecule has 0 spiro atoms. The highest BCUT2D eigenvalue weighted by atomic mass is 32.2. The molecule has 0 amide bonds. The molecule has 3 aromatic carbocycles. The summed E-state index contributed by atoms with van der Waals surface area (Å²) in [5.74, 6) is 1.15. The Kier molecular flexibility index (Phi) is 7.60. The van der Waals surface area contributed by atoms with Crippen molar-refractivity contribution >= 4 is 33.8 Å². The standard InChI is InChI=1S/C27H21NO3S2/c1-19(20-7-5-11-23(17-20)31-22-9-3-2-4-10-22)26(29)32-24-12-14-25(15-13-24)33-27(30)21-8-6-16-28-18-21/h2-19H,1H3. The van der Waals surface area contributed by atoms with Crippen molar-refractivity contribution < 1.29 is 14.3 Å². The molecule has 0 N–H and O–H groups in total. The molecule has 0 radical (unpaired) electrons. The molecule has 0 saturated carbocycles. The van der Waals surface area contributed by atoms with E-state index in [1.165, 1.54) is 11.8 Å².